The van der Waals surface area contributed by atoms with Gasteiger partial charge < -0.3 is 9.84 Å². The number of anilines is 1. The molecule has 3 aromatic carbocycles. The lowest BCUT2D eigenvalue weighted by molar-refractivity contribution is -0.137. The molecule has 1 fully saturated rings. The Morgan fingerprint density at radius 1 is 0.941 bits per heavy atom. The van der Waals surface area contributed by atoms with Gasteiger partial charge in [-0.2, -0.15) is 13.2 Å². The number of hydrogen-bond acceptors (Lipinski definition) is 4. The van der Waals surface area contributed by atoms with Crippen LogP contribution < -0.4 is 9.64 Å². The number of Topliss-reactive ketones (excluding diaryl/α,β-unsaturated/α-hetero) is 1. The number of halogens is 4. The van der Waals surface area contributed by atoms with Crippen molar-refractivity contribution in [3.8, 4) is 5.75 Å². The van der Waals surface area contributed by atoms with Crippen LogP contribution >= 0.6 is 0 Å². The number of aliphatic hydroxyl groups is 1. The normalized spacial score (nSPS) is 17.8. The summed E-state index contributed by atoms with van der Waals surface area (Å²) in [4.78, 5) is 26.9. The second-order valence-corrected chi connectivity index (χ2v) is 7.46. The third-order valence-electron chi connectivity index (χ3n) is 5.48. The smallest absolute Gasteiger partial charge is 0.416 e. The van der Waals surface area contributed by atoms with Crippen LogP contribution in [0.3, 0.4) is 0 Å². The van der Waals surface area contributed by atoms with Gasteiger partial charge in [0.15, 0.2) is 0 Å². The molecule has 1 saturated heterocycles. The molecular formula is C25H17F4NO4. The van der Waals surface area contributed by atoms with Crippen LogP contribution in [0.25, 0.3) is 5.76 Å². The van der Waals surface area contributed by atoms with E-state index in [1.54, 1.807) is 0 Å². The minimum Gasteiger partial charge on any atom is -0.507 e. The number of rotatable bonds is 4. The van der Waals surface area contributed by atoms with Gasteiger partial charge in [0, 0.05) is 16.8 Å². The number of ether oxygens (including phenoxy) is 1. The van der Waals surface area contributed by atoms with E-state index in [9.17, 15) is 32.3 Å². The number of carbonyl (C=O) groups is 2. The van der Waals surface area contributed by atoms with Crippen molar-refractivity contribution in [3.05, 3.63) is 101 Å². The number of hydrogen-bond donors (Lipinski definition) is 1. The number of nitrogens with zero attached hydrogens (tertiary/aromatic N) is 1. The molecule has 1 aliphatic heterocycles. The topological polar surface area (TPSA) is 66.8 Å². The Bertz CT molecular complexity index is 1280. The quantitative estimate of drug-likeness (QED) is 0.237. The summed E-state index contributed by atoms with van der Waals surface area (Å²) in [5.74, 6) is -3.03. The van der Waals surface area contributed by atoms with Gasteiger partial charge in [-0.05, 0) is 54.6 Å². The number of methoxy groups -OCH3 is 1. The van der Waals surface area contributed by atoms with Crippen molar-refractivity contribution in [2.75, 3.05) is 12.0 Å². The van der Waals surface area contributed by atoms with Crippen molar-refractivity contribution in [2.45, 2.75) is 12.2 Å². The summed E-state index contributed by atoms with van der Waals surface area (Å²) in [6.45, 7) is 0. The van der Waals surface area contributed by atoms with Crippen molar-refractivity contribution in [3.63, 3.8) is 0 Å². The molecule has 1 amide bonds. The second kappa shape index (κ2) is 8.66. The zero-order chi connectivity index (χ0) is 24.6. The molecular weight excluding hydrogens is 454 g/mol. The van der Waals surface area contributed by atoms with Crippen LogP contribution in [-0.4, -0.2) is 23.9 Å². The van der Waals surface area contributed by atoms with Crippen molar-refractivity contribution in [1.29, 1.82) is 0 Å². The number of ketones is 1. The summed E-state index contributed by atoms with van der Waals surface area (Å²) < 4.78 is 58.9. The van der Waals surface area contributed by atoms with Gasteiger partial charge >= 0.3 is 6.18 Å². The summed E-state index contributed by atoms with van der Waals surface area (Å²) in [6, 6.07) is 13.5. The molecule has 0 aliphatic carbocycles. The molecule has 1 aliphatic rings. The summed E-state index contributed by atoms with van der Waals surface area (Å²) in [5.41, 5.74) is -1.32. The van der Waals surface area contributed by atoms with E-state index >= 15 is 0 Å². The molecule has 0 aromatic heterocycles. The Labute approximate surface area is 191 Å². The van der Waals surface area contributed by atoms with Gasteiger partial charge in [0.1, 0.15) is 17.3 Å². The summed E-state index contributed by atoms with van der Waals surface area (Å²) >= 11 is 0. The first-order valence-corrected chi connectivity index (χ1v) is 10.0. The molecule has 0 radical (unpaired) electrons. The molecule has 174 valence electrons. The minimum absolute atomic E-state index is 0.0582. The molecule has 0 spiro atoms. The first-order chi connectivity index (χ1) is 16.1. The molecule has 3 aromatic rings. The Balaban J connectivity index is 1.90. The highest BCUT2D eigenvalue weighted by Crippen LogP contribution is 2.43. The van der Waals surface area contributed by atoms with E-state index in [1.165, 1.54) is 49.6 Å². The monoisotopic (exact) mass is 471 g/mol. The number of alkyl halides is 3. The van der Waals surface area contributed by atoms with E-state index < -0.39 is 41.0 Å². The zero-order valence-electron chi connectivity index (χ0n) is 17.6. The molecule has 5 nitrogen and oxygen atoms in total. The largest absolute Gasteiger partial charge is 0.507 e. The molecule has 0 saturated carbocycles. The predicted octanol–water partition coefficient (Wildman–Crippen LogP) is 5.48. The number of aliphatic hydroxyl groups excluding tert-OH is 1. The Morgan fingerprint density at radius 3 is 2.12 bits per heavy atom. The van der Waals surface area contributed by atoms with Crippen LogP contribution in [0.5, 0.6) is 5.75 Å². The third-order valence-corrected chi connectivity index (χ3v) is 5.48. The van der Waals surface area contributed by atoms with Gasteiger partial charge in [0.05, 0.1) is 24.3 Å². The predicted molar refractivity (Wildman–Crippen MR) is 116 cm³/mol. The maximum Gasteiger partial charge on any atom is 0.416 e. The van der Waals surface area contributed by atoms with Gasteiger partial charge in [0.2, 0.25) is 0 Å². The van der Waals surface area contributed by atoms with E-state index in [0.29, 0.717) is 5.75 Å². The van der Waals surface area contributed by atoms with Gasteiger partial charge in [-0.25, -0.2) is 4.39 Å². The molecule has 1 N–H and O–H groups in total. The maximum absolute atomic E-state index is 14.8. The SMILES string of the molecule is COc1ccc(/C(O)=C2\C(=O)C(=O)N(c3ccc(C(F)(F)F)cc3)C2c2ccccc2F)cc1. The molecule has 1 atom stereocenters. The minimum atomic E-state index is -4.61. The van der Waals surface area contributed by atoms with Gasteiger partial charge in [-0.1, -0.05) is 18.2 Å². The molecule has 1 heterocycles. The fraction of sp³-hybridized carbons (Fsp3) is 0.120. The maximum atomic E-state index is 14.8. The van der Waals surface area contributed by atoms with Crippen molar-refractivity contribution >= 4 is 23.1 Å². The lowest BCUT2D eigenvalue weighted by atomic mass is 9.94. The van der Waals surface area contributed by atoms with E-state index in [0.717, 1.165) is 35.2 Å². The third kappa shape index (κ3) is 4.00. The summed E-state index contributed by atoms with van der Waals surface area (Å²) in [7, 11) is 1.45. The number of carbonyl (C=O) groups excluding carboxylic acids is 2. The summed E-state index contributed by atoms with van der Waals surface area (Å²) in [6.07, 6.45) is -4.61. The highest BCUT2D eigenvalue weighted by molar-refractivity contribution is 6.51. The zero-order valence-corrected chi connectivity index (χ0v) is 17.6. The second-order valence-electron chi connectivity index (χ2n) is 7.46. The van der Waals surface area contributed by atoms with Crippen LogP contribution in [0.4, 0.5) is 23.2 Å². The number of benzene rings is 3. The van der Waals surface area contributed by atoms with Crippen molar-refractivity contribution in [1.82, 2.24) is 0 Å². The molecule has 34 heavy (non-hydrogen) atoms. The van der Waals surface area contributed by atoms with Gasteiger partial charge in [-0.15, -0.1) is 0 Å². The van der Waals surface area contributed by atoms with E-state index in [2.05, 4.69) is 0 Å². The Morgan fingerprint density at radius 2 is 1.56 bits per heavy atom. The van der Waals surface area contributed by atoms with Crippen molar-refractivity contribution < 1.29 is 37.0 Å². The first-order valence-electron chi connectivity index (χ1n) is 10.0. The fourth-order valence-electron chi connectivity index (χ4n) is 3.81. The Hall–Kier alpha value is -4.14. The highest BCUT2D eigenvalue weighted by Gasteiger charge is 2.48. The van der Waals surface area contributed by atoms with Gasteiger partial charge in [-0.3, -0.25) is 14.5 Å². The molecule has 4 rings (SSSR count). The van der Waals surface area contributed by atoms with Crippen LogP contribution in [0.1, 0.15) is 22.7 Å². The standard InChI is InChI=1S/C25H17F4NO4/c1-34-17-12-6-14(7-13-17)22(31)20-21(18-4-2-3-5-19(18)26)30(24(33)23(20)32)16-10-8-15(9-11-16)25(27,28)29/h2-13,21,31H,1H3/b22-20+. The molecule has 1 unspecified atom stereocenters. The van der Waals surface area contributed by atoms with E-state index in [-0.39, 0.29) is 22.4 Å². The average Bonchev–Trinajstić information content (AvgIpc) is 3.08. The average molecular weight is 471 g/mol. The van der Waals surface area contributed by atoms with Gasteiger partial charge in [0.25, 0.3) is 11.7 Å². The van der Waals surface area contributed by atoms with Crippen LogP contribution in [0, 0.1) is 5.82 Å². The first kappa shape index (κ1) is 23.0. The van der Waals surface area contributed by atoms with Crippen LogP contribution in [0.2, 0.25) is 0 Å². The summed E-state index contributed by atoms with van der Waals surface area (Å²) in [5, 5.41) is 11.0. The Kier molecular flexibility index (Phi) is 5.87. The van der Waals surface area contributed by atoms with Crippen molar-refractivity contribution in [2.24, 2.45) is 0 Å². The fourth-order valence-corrected chi connectivity index (χ4v) is 3.81. The van der Waals surface area contributed by atoms with Crippen LogP contribution in [0.15, 0.2) is 78.4 Å². The van der Waals surface area contributed by atoms with E-state index in [4.69, 9.17) is 4.74 Å². The number of amides is 1. The molecule has 9 heteroatoms. The van der Waals surface area contributed by atoms with Crippen LogP contribution in [-0.2, 0) is 15.8 Å². The van der Waals surface area contributed by atoms with E-state index in [1.807, 2.05) is 0 Å². The lowest BCUT2D eigenvalue weighted by Gasteiger charge is -2.26. The molecule has 0 bridgehead atoms. The highest BCUT2D eigenvalue weighted by atomic mass is 19.4. The lowest BCUT2D eigenvalue weighted by Crippen LogP contribution is -2.30.